The van der Waals surface area contributed by atoms with Gasteiger partial charge < -0.3 is 0 Å². The molecule has 2 aromatic rings. The Hall–Kier alpha value is -1.59. The molecular formula is C15H13NO2S2. The van der Waals surface area contributed by atoms with Gasteiger partial charge in [-0.1, -0.05) is 47.7 Å². The summed E-state index contributed by atoms with van der Waals surface area (Å²) in [5, 5.41) is 0.549. The summed E-state index contributed by atoms with van der Waals surface area (Å²) in [4.78, 5) is 1.33. The van der Waals surface area contributed by atoms with Gasteiger partial charge in [-0.15, -0.1) is 0 Å². The number of fused-ring (bicyclic) bond motifs is 1. The molecule has 0 saturated carbocycles. The minimum absolute atomic E-state index is 0.298. The number of hydrogen-bond acceptors (Lipinski definition) is 3. The van der Waals surface area contributed by atoms with Crippen molar-refractivity contribution in [3.8, 4) is 0 Å². The van der Waals surface area contributed by atoms with Crippen molar-refractivity contribution in [3.63, 3.8) is 0 Å². The number of thioether (sulfide) groups is 1. The predicted octanol–water partition coefficient (Wildman–Crippen LogP) is 3.54. The molecule has 0 amide bonds. The summed E-state index contributed by atoms with van der Waals surface area (Å²) in [5.74, 6) is 0. The SMILES string of the molecule is Cc1ccc(SC2=NS(=O)(=O)c3ccccc32)c(C)c1. The third kappa shape index (κ3) is 2.27. The number of hydrogen-bond donors (Lipinski definition) is 0. The van der Waals surface area contributed by atoms with Gasteiger partial charge in [0, 0.05) is 10.5 Å². The Bertz CT molecular complexity index is 824. The molecule has 0 N–H and O–H groups in total. The summed E-state index contributed by atoms with van der Waals surface area (Å²) in [6.07, 6.45) is 0. The number of aryl methyl sites for hydroxylation is 2. The molecule has 1 aliphatic rings. The minimum atomic E-state index is -3.53. The Labute approximate surface area is 122 Å². The molecular weight excluding hydrogens is 290 g/mol. The van der Waals surface area contributed by atoms with Gasteiger partial charge in [-0.2, -0.15) is 12.8 Å². The van der Waals surface area contributed by atoms with Gasteiger partial charge in [-0.3, -0.25) is 0 Å². The van der Waals surface area contributed by atoms with Crippen LogP contribution in [0.25, 0.3) is 0 Å². The van der Waals surface area contributed by atoms with Crippen LogP contribution >= 0.6 is 11.8 Å². The maximum Gasteiger partial charge on any atom is 0.284 e. The van der Waals surface area contributed by atoms with Crippen LogP contribution in [-0.4, -0.2) is 13.5 Å². The first-order valence-corrected chi connectivity index (χ1v) is 8.42. The van der Waals surface area contributed by atoms with E-state index in [-0.39, 0.29) is 0 Å². The summed E-state index contributed by atoms with van der Waals surface area (Å²) in [6.45, 7) is 4.06. The second-order valence-electron chi connectivity index (χ2n) is 4.74. The molecule has 0 bridgehead atoms. The van der Waals surface area contributed by atoms with E-state index in [1.165, 1.54) is 17.3 Å². The van der Waals surface area contributed by atoms with Gasteiger partial charge in [0.25, 0.3) is 10.0 Å². The van der Waals surface area contributed by atoms with Crippen molar-refractivity contribution < 1.29 is 8.42 Å². The summed E-state index contributed by atoms with van der Waals surface area (Å²) >= 11 is 1.40. The van der Waals surface area contributed by atoms with Crippen LogP contribution < -0.4 is 0 Å². The lowest BCUT2D eigenvalue weighted by atomic mass is 10.2. The molecule has 0 spiro atoms. The maximum atomic E-state index is 12.0. The fraction of sp³-hybridized carbons (Fsp3) is 0.133. The summed E-state index contributed by atoms with van der Waals surface area (Å²) in [5.41, 5.74) is 3.00. The Balaban J connectivity index is 2.05. The molecule has 1 aliphatic heterocycles. The van der Waals surface area contributed by atoms with Crippen LogP contribution in [0.4, 0.5) is 0 Å². The number of nitrogens with zero attached hydrogens (tertiary/aromatic N) is 1. The van der Waals surface area contributed by atoms with Crippen molar-refractivity contribution in [2.75, 3.05) is 0 Å². The van der Waals surface area contributed by atoms with E-state index in [0.717, 1.165) is 10.5 Å². The summed E-state index contributed by atoms with van der Waals surface area (Å²) in [7, 11) is -3.53. The number of benzene rings is 2. The average molecular weight is 303 g/mol. The van der Waals surface area contributed by atoms with Crippen LogP contribution in [-0.2, 0) is 10.0 Å². The van der Waals surface area contributed by atoms with E-state index in [1.807, 2.05) is 32.0 Å². The first-order valence-electron chi connectivity index (χ1n) is 6.17. The molecule has 2 aromatic carbocycles. The highest BCUT2D eigenvalue weighted by Crippen LogP contribution is 2.35. The molecule has 0 aromatic heterocycles. The molecule has 5 heteroatoms. The zero-order chi connectivity index (χ0) is 14.3. The highest BCUT2D eigenvalue weighted by atomic mass is 32.2. The smallest absolute Gasteiger partial charge is 0.199 e. The normalized spacial score (nSPS) is 15.8. The van der Waals surface area contributed by atoms with Crippen molar-refractivity contribution in [3.05, 3.63) is 59.2 Å². The molecule has 3 nitrogen and oxygen atoms in total. The average Bonchev–Trinajstić information content (AvgIpc) is 2.65. The fourth-order valence-electron chi connectivity index (χ4n) is 2.17. The monoisotopic (exact) mass is 303 g/mol. The maximum absolute atomic E-state index is 12.0. The lowest BCUT2D eigenvalue weighted by Crippen LogP contribution is -1.94. The highest BCUT2D eigenvalue weighted by Gasteiger charge is 2.28. The first kappa shape index (κ1) is 13.4. The van der Waals surface area contributed by atoms with Gasteiger partial charge >= 0.3 is 0 Å². The fourth-order valence-corrected chi connectivity index (χ4v) is 4.64. The topological polar surface area (TPSA) is 46.5 Å². The molecule has 3 rings (SSSR count). The Morgan fingerprint density at radius 1 is 1.05 bits per heavy atom. The Morgan fingerprint density at radius 2 is 1.80 bits per heavy atom. The zero-order valence-electron chi connectivity index (χ0n) is 11.1. The molecule has 1 heterocycles. The third-order valence-electron chi connectivity index (χ3n) is 3.14. The van der Waals surface area contributed by atoms with E-state index in [4.69, 9.17) is 0 Å². The standard InChI is InChI=1S/C15H13NO2S2/c1-10-7-8-13(11(2)9-10)19-15-12-5-3-4-6-14(12)20(17,18)16-15/h3-9H,1-2H3. The quantitative estimate of drug-likeness (QED) is 0.809. The zero-order valence-corrected chi connectivity index (χ0v) is 12.8. The molecule has 0 saturated heterocycles. The number of sulfonamides is 1. The number of rotatable bonds is 1. The van der Waals surface area contributed by atoms with Crippen molar-refractivity contribution in [1.82, 2.24) is 0 Å². The van der Waals surface area contributed by atoms with Gasteiger partial charge in [0.15, 0.2) is 0 Å². The van der Waals surface area contributed by atoms with Gasteiger partial charge in [-0.25, -0.2) is 0 Å². The Kier molecular flexibility index (Phi) is 3.18. The molecule has 20 heavy (non-hydrogen) atoms. The van der Waals surface area contributed by atoms with Crippen molar-refractivity contribution in [1.29, 1.82) is 0 Å². The third-order valence-corrected chi connectivity index (χ3v) is 5.77. The molecule has 0 fully saturated rings. The molecule has 0 radical (unpaired) electrons. The van der Waals surface area contributed by atoms with Gasteiger partial charge in [0.05, 0.1) is 4.90 Å². The van der Waals surface area contributed by atoms with E-state index in [1.54, 1.807) is 18.2 Å². The second-order valence-corrected chi connectivity index (χ2v) is 7.34. The second kappa shape index (κ2) is 4.75. The predicted molar refractivity (Wildman–Crippen MR) is 81.9 cm³/mol. The largest absolute Gasteiger partial charge is 0.284 e. The lowest BCUT2D eigenvalue weighted by Gasteiger charge is -2.06. The van der Waals surface area contributed by atoms with Crippen LogP contribution in [0, 0.1) is 13.8 Å². The molecule has 0 atom stereocenters. The molecule has 102 valence electrons. The van der Waals surface area contributed by atoms with Crippen molar-refractivity contribution in [2.45, 2.75) is 23.6 Å². The van der Waals surface area contributed by atoms with Gasteiger partial charge in [0.1, 0.15) is 5.04 Å². The first-order chi connectivity index (χ1) is 9.47. The Morgan fingerprint density at radius 3 is 2.55 bits per heavy atom. The van der Waals surface area contributed by atoms with Gasteiger partial charge in [0.2, 0.25) is 0 Å². The summed E-state index contributed by atoms with van der Waals surface area (Å²) < 4.78 is 27.9. The van der Waals surface area contributed by atoms with E-state index in [2.05, 4.69) is 10.5 Å². The van der Waals surface area contributed by atoms with E-state index in [9.17, 15) is 8.42 Å². The summed E-state index contributed by atoms with van der Waals surface area (Å²) in [6, 6.07) is 13.1. The highest BCUT2D eigenvalue weighted by molar-refractivity contribution is 8.15. The van der Waals surface area contributed by atoms with Crippen LogP contribution in [0.5, 0.6) is 0 Å². The molecule has 0 aliphatic carbocycles. The van der Waals surface area contributed by atoms with Crippen molar-refractivity contribution >= 4 is 26.8 Å². The van der Waals surface area contributed by atoms with E-state index in [0.29, 0.717) is 15.5 Å². The van der Waals surface area contributed by atoms with E-state index >= 15 is 0 Å². The molecule has 0 unspecified atom stereocenters. The van der Waals surface area contributed by atoms with Crippen LogP contribution in [0.1, 0.15) is 16.7 Å². The van der Waals surface area contributed by atoms with Crippen molar-refractivity contribution in [2.24, 2.45) is 4.40 Å². The van der Waals surface area contributed by atoms with E-state index < -0.39 is 10.0 Å². The van der Waals surface area contributed by atoms with Crippen LogP contribution in [0.3, 0.4) is 0 Å². The van der Waals surface area contributed by atoms with Gasteiger partial charge in [-0.05, 0) is 31.5 Å². The minimum Gasteiger partial charge on any atom is -0.199 e. The lowest BCUT2D eigenvalue weighted by molar-refractivity contribution is 0.599. The van der Waals surface area contributed by atoms with Crippen LogP contribution in [0.15, 0.2) is 56.7 Å². The van der Waals surface area contributed by atoms with Crippen LogP contribution in [0.2, 0.25) is 0 Å².